The van der Waals surface area contributed by atoms with Gasteiger partial charge in [0.15, 0.2) is 11.5 Å². The number of Topliss-reactive ketones (excluding diaryl/α,β-unsaturated/α-hetero) is 1. The third kappa shape index (κ3) is 3.46. The number of hydrogen-bond acceptors (Lipinski definition) is 4. The highest BCUT2D eigenvalue weighted by Crippen LogP contribution is 2.22. The Morgan fingerprint density at radius 2 is 2.12 bits per heavy atom. The van der Waals surface area contributed by atoms with Crippen LogP contribution in [0.3, 0.4) is 0 Å². The molecule has 0 radical (unpaired) electrons. The van der Waals surface area contributed by atoms with Crippen molar-refractivity contribution in [1.82, 2.24) is 15.0 Å². The molecule has 3 rings (SSSR count). The van der Waals surface area contributed by atoms with E-state index in [2.05, 4.69) is 15.2 Å². The molecule has 0 unspecified atom stereocenters. The van der Waals surface area contributed by atoms with Crippen LogP contribution in [-0.2, 0) is 17.8 Å². The molecule has 7 heteroatoms. The minimum Gasteiger partial charge on any atom is -0.380 e. The Bertz CT molecular complexity index is 1030. The molecule has 0 amide bonds. The van der Waals surface area contributed by atoms with E-state index >= 15 is 0 Å². The van der Waals surface area contributed by atoms with Crippen molar-refractivity contribution in [3.63, 3.8) is 0 Å². The number of rotatable bonds is 5. The Hall–Kier alpha value is -3.11. The van der Waals surface area contributed by atoms with E-state index in [1.54, 1.807) is 25.1 Å². The second-order valence-electron chi connectivity index (χ2n) is 6.49. The Kier molecular flexibility index (Phi) is 4.53. The van der Waals surface area contributed by atoms with E-state index in [1.165, 1.54) is 29.8 Å². The lowest BCUT2D eigenvalue weighted by Crippen LogP contribution is -2.41. The van der Waals surface area contributed by atoms with Gasteiger partial charge in [-0.2, -0.15) is 0 Å². The lowest BCUT2D eigenvalue weighted by atomic mass is 9.94. The zero-order chi connectivity index (χ0) is 18.9. The number of aliphatic hydroxyl groups is 1. The number of fused-ring (bicyclic) bond motifs is 1. The van der Waals surface area contributed by atoms with Gasteiger partial charge in [0.1, 0.15) is 16.9 Å². The number of ketones is 1. The fourth-order valence-corrected chi connectivity index (χ4v) is 2.76. The fraction of sp³-hybridized carbons (Fsp3) is 0.263. The molecule has 0 fully saturated rings. The summed E-state index contributed by atoms with van der Waals surface area (Å²) in [4.78, 5) is 16.0. The number of carbonyl (C=O) groups excluding carboxylic acids is 1. The summed E-state index contributed by atoms with van der Waals surface area (Å²) in [5, 5.41) is 18.5. The number of halogens is 1. The minimum absolute atomic E-state index is 0.0209. The Morgan fingerprint density at radius 1 is 1.35 bits per heavy atom. The predicted octanol–water partition coefficient (Wildman–Crippen LogP) is 2.99. The van der Waals surface area contributed by atoms with Crippen LogP contribution in [0.4, 0.5) is 10.1 Å². The smallest absolute Gasteiger partial charge is 0.190 e. The van der Waals surface area contributed by atoms with Crippen LogP contribution in [0.2, 0.25) is 0 Å². The zero-order valence-electron chi connectivity index (χ0n) is 14.4. The fourth-order valence-electron chi connectivity index (χ4n) is 2.76. The van der Waals surface area contributed by atoms with Crippen molar-refractivity contribution in [1.29, 1.82) is 0 Å². The van der Waals surface area contributed by atoms with E-state index < -0.39 is 17.2 Å². The van der Waals surface area contributed by atoms with E-state index in [4.69, 9.17) is 6.57 Å². The zero-order valence-corrected chi connectivity index (χ0v) is 14.4. The summed E-state index contributed by atoms with van der Waals surface area (Å²) in [5.41, 5.74) is 1.23. The van der Waals surface area contributed by atoms with Gasteiger partial charge in [0.25, 0.3) is 0 Å². The summed E-state index contributed by atoms with van der Waals surface area (Å²) in [6.45, 7) is 10.1. The molecule has 1 heterocycles. The van der Waals surface area contributed by atoms with E-state index in [0.717, 1.165) is 11.1 Å². The number of aromatic nitrogens is 3. The molecular weight excluding hydrogens is 335 g/mol. The highest BCUT2D eigenvalue weighted by Gasteiger charge is 2.31. The van der Waals surface area contributed by atoms with Gasteiger partial charge < -0.3 is 5.11 Å². The summed E-state index contributed by atoms with van der Waals surface area (Å²) in [6, 6.07) is 9.16. The summed E-state index contributed by atoms with van der Waals surface area (Å²) < 4.78 is 14.8. The molecule has 1 atom stereocenters. The van der Waals surface area contributed by atoms with Crippen molar-refractivity contribution < 1.29 is 14.3 Å². The lowest BCUT2D eigenvalue weighted by molar-refractivity contribution is -0.136. The largest absolute Gasteiger partial charge is 0.380 e. The SMILES string of the molecule is [C-]#[N+]c1ccc(CC(=O)[C@@](C)(O)Cn2nnc3ccc(F)cc32)cc1C. The van der Waals surface area contributed by atoms with E-state index in [-0.39, 0.29) is 13.0 Å². The van der Waals surface area contributed by atoms with Crippen LogP contribution in [0.1, 0.15) is 18.1 Å². The Morgan fingerprint density at radius 3 is 2.81 bits per heavy atom. The first-order valence-electron chi connectivity index (χ1n) is 8.01. The van der Waals surface area contributed by atoms with Crippen LogP contribution < -0.4 is 0 Å². The molecule has 1 N–H and O–H groups in total. The van der Waals surface area contributed by atoms with Gasteiger partial charge in [-0.15, -0.1) is 5.10 Å². The molecule has 2 aromatic carbocycles. The molecule has 0 aliphatic carbocycles. The van der Waals surface area contributed by atoms with Crippen molar-refractivity contribution >= 4 is 22.5 Å². The third-order valence-corrected chi connectivity index (χ3v) is 4.28. The maximum absolute atomic E-state index is 13.5. The monoisotopic (exact) mass is 352 g/mol. The second-order valence-corrected chi connectivity index (χ2v) is 6.49. The predicted molar refractivity (Wildman–Crippen MR) is 94.3 cm³/mol. The van der Waals surface area contributed by atoms with Crippen LogP contribution in [-0.4, -0.2) is 31.5 Å². The van der Waals surface area contributed by atoms with Gasteiger partial charge in [-0.25, -0.2) is 13.9 Å². The van der Waals surface area contributed by atoms with Crippen molar-refractivity contribution in [2.24, 2.45) is 0 Å². The Balaban J connectivity index is 1.80. The number of hydrogen-bond donors (Lipinski definition) is 1. The molecule has 132 valence electrons. The summed E-state index contributed by atoms with van der Waals surface area (Å²) in [6.07, 6.45) is 0.0209. The van der Waals surface area contributed by atoms with Crippen molar-refractivity contribution in [2.45, 2.75) is 32.4 Å². The van der Waals surface area contributed by atoms with Gasteiger partial charge in [0.2, 0.25) is 0 Å². The molecule has 6 nitrogen and oxygen atoms in total. The average Bonchev–Trinajstić information content (AvgIpc) is 2.96. The van der Waals surface area contributed by atoms with Gasteiger partial charge in [-0.05, 0) is 37.1 Å². The molecule has 0 spiro atoms. The molecule has 0 aliphatic heterocycles. The molecule has 0 aliphatic rings. The summed E-state index contributed by atoms with van der Waals surface area (Å²) in [7, 11) is 0. The Labute approximate surface area is 149 Å². The van der Waals surface area contributed by atoms with Crippen LogP contribution in [0.25, 0.3) is 15.9 Å². The molecule has 0 saturated heterocycles. The standard InChI is InChI=1S/C19H17FN4O2/c1-12-8-13(4-6-15(12)21-3)9-18(25)19(2,26)11-24-17-10-14(20)5-7-16(17)22-23-24/h4-8,10,26H,9,11H2,1-2H3/t19-/m0/s1. The van der Waals surface area contributed by atoms with Crippen LogP contribution in [0.5, 0.6) is 0 Å². The number of benzene rings is 2. The van der Waals surface area contributed by atoms with Gasteiger partial charge >= 0.3 is 0 Å². The molecular formula is C19H17FN4O2. The molecule has 0 bridgehead atoms. The van der Waals surface area contributed by atoms with E-state index in [1.807, 2.05) is 0 Å². The van der Waals surface area contributed by atoms with Crippen molar-refractivity contribution in [3.8, 4) is 0 Å². The van der Waals surface area contributed by atoms with E-state index in [9.17, 15) is 14.3 Å². The maximum atomic E-state index is 13.5. The normalized spacial score (nSPS) is 13.3. The number of nitrogens with zero attached hydrogens (tertiary/aromatic N) is 4. The third-order valence-electron chi connectivity index (χ3n) is 4.28. The molecule has 3 aromatic rings. The highest BCUT2D eigenvalue weighted by molar-refractivity contribution is 5.88. The summed E-state index contributed by atoms with van der Waals surface area (Å²) in [5.74, 6) is -0.838. The van der Waals surface area contributed by atoms with Crippen molar-refractivity contribution in [3.05, 3.63) is 64.8 Å². The lowest BCUT2D eigenvalue weighted by Gasteiger charge is -2.22. The maximum Gasteiger partial charge on any atom is 0.190 e. The van der Waals surface area contributed by atoms with Crippen LogP contribution in [0, 0.1) is 19.3 Å². The first-order valence-corrected chi connectivity index (χ1v) is 8.01. The quantitative estimate of drug-likeness (QED) is 0.717. The van der Waals surface area contributed by atoms with Gasteiger partial charge in [-0.1, -0.05) is 23.4 Å². The van der Waals surface area contributed by atoms with E-state index in [0.29, 0.717) is 16.7 Å². The molecule has 1 aromatic heterocycles. The minimum atomic E-state index is -1.70. The average molecular weight is 352 g/mol. The summed E-state index contributed by atoms with van der Waals surface area (Å²) >= 11 is 0. The topological polar surface area (TPSA) is 72.4 Å². The first-order chi connectivity index (χ1) is 12.3. The van der Waals surface area contributed by atoms with Gasteiger partial charge in [-0.3, -0.25) is 4.79 Å². The van der Waals surface area contributed by atoms with Crippen LogP contribution >= 0.6 is 0 Å². The molecule has 26 heavy (non-hydrogen) atoms. The van der Waals surface area contributed by atoms with Gasteiger partial charge in [0, 0.05) is 12.5 Å². The van der Waals surface area contributed by atoms with Crippen molar-refractivity contribution in [2.75, 3.05) is 0 Å². The molecule has 0 saturated carbocycles. The highest BCUT2D eigenvalue weighted by atomic mass is 19.1. The van der Waals surface area contributed by atoms with Crippen LogP contribution in [0.15, 0.2) is 36.4 Å². The number of carbonyl (C=O) groups is 1. The first kappa shape index (κ1) is 17.7. The number of aryl methyl sites for hydroxylation is 1. The van der Waals surface area contributed by atoms with Gasteiger partial charge in [0.05, 0.1) is 18.6 Å². The second kappa shape index (κ2) is 6.65.